The first-order valence-electron chi connectivity index (χ1n) is 9.52. The van der Waals surface area contributed by atoms with Crippen molar-refractivity contribution in [2.24, 2.45) is 10.5 Å². The Balaban J connectivity index is 2.41. The van der Waals surface area contributed by atoms with Crippen LogP contribution in [-0.4, -0.2) is 67.2 Å². The number of nitro benzene ring substituents is 2. The molecule has 0 radical (unpaired) electrons. The number of benzene rings is 1. The van der Waals surface area contributed by atoms with Crippen LogP contribution < -0.4 is 9.68 Å². The van der Waals surface area contributed by atoms with E-state index in [1.165, 1.54) is 10.0 Å². The van der Waals surface area contributed by atoms with E-state index in [9.17, 15) is 35.7 Å². The fourth-order valence-electron chi connectivity index (χ4n) is 2.89. The average Bonchev–Trinajstić information content (AvgIpc) is 3.19. The summed E-state index contributed by atoms with van der Waals surface area (Å²) in [6, 6.07) is 0.777. The lowest BCUT2D eigenvalue weighted by molar-refractivity contribution is -0.756. The highest BCUT2D eigenvalue weighted by Crippen LogP contribution is 2.39. The van der Waals surface area contributed by atoms with Crippen molar-refractivity contribution in [1.82, 2.24) is 10.0 Å². The Morgan fingerprint density at radius 3 is 2.31 bits per heavy atom. The Morgan fingerprint density at radius 1 is 1.12 bits per heavy atom. The molecule has 1 heterocycles. The summed E-state index contributed by atoms with van der Waals surface area (Å²) >= 11 is 0. The maximum Gasteiger partial charge on any atom is 0.321 e. The number of hydrogen-bond acceptors (Lipinski definition) is 11. The molecule has 1 aromatic rings. The van der Waals surface area contributed by atoms with Crippen LogP contribution in [0, 0.1) is 30.6 Å². The van der Waals surface area contributed by atoms with Crippen LogP contribution in [0.4, 0.5) is 11.4 Å². The maximum atomic E-state index is 12.1. The summed E-state index contributed by atoms with van der Waals surface area (Å²) in [5, 5.41) is 64.8. The van der Waals surface area contributed by atoms with Crippen molar-refractivity contribution >= 4 is 11.4 Å². The molecular weight excluding hydrogens is 436 g/mol. The van der Waals surface area contributed by atoms with Crippen molar-refractivity contribution in [3.8, 4) is 11.5 Å². The zero-order valence-corrected chi connectivity index (χ0v) is 17.3. The standard InChI is InChI=1S/C15H22N8O9/c1-3-18(4-2)22(29)17-31-14-9-15(13(21(27)28)8-12(14)20(25)26)32-23(30)16-19-7-5-6-11(19)10-24/h8-9,11,24H,3-7,10H2,1-2H3/b22-17-,23-16+. The van der Waals surface area contributed by atoms with Crippen LogP contribution in [0.1, 0.15) is 26.7 Å². The van der Waals surface area contributed by atoms with E-state index in [0.29, 0.717) is 31.5 Å². The summed E-state index contributed by atoms with van der Waals surface area (Å²) in [7, 11) is 0. The van der Waals surface area contributed by atoms with Gasteiger partial charge in [-0.05, 0) is 26.7 Å². The smallest absolute Gasteiger partial charge is 0.321 e. The number of aliphatic hydroxyl groups excluding tert-OH is 1. The Kier molecular flexibility index (Phi) is 8.22. The molecule has 176 valence electrons. The van der Waals surface area contributed by atoms with Gasteiger partial charge in [0.25, 0.3) is 5.69 Å². The van der Waals surface area contributed by atoms with E-state index >= 15 is 0 Å². The molecule has 0 bridgehead atoms. The second kappa shape index (κ2) is 10.8. The minimum atomic E-state index is -1.00. The largest absolute Gasteiger partial charge is 0.569 e. The third-order valence-electron chi connectivity index (χ3n) is 4.54. The van der Waals surface area contributed by atoms with Crippen LogP contribution in [0.5, 0.6) is 11.5 Å². The minimum absolute atomic E-state index is 0.0588. The third kappa shape index (κ3) is 5.78. The second-order valence-corrected chi connectivity index (χ2v) is 6.43. The molecule has 17 nitrogen and oxygen atoms in total. The summed E-state index contributed by atoms with van der Waals surface area (Å²) in [6.45, 7) is 3.96. The Bertz CT molecular complexity index is 905. The molecule has 1 aliphatic heterocycles. The summed E-state index contributed by atoms with van der Waals surface area (Å²) in [5.74, 6) is -1.41. The van der Waals surface area contributed by atoms with Crippen LogP contribution in [0.15, 0.2) is 22.6 Å². The molecule has 2 rings (SSSR count). The van der Waals surface area contributed by atoms with E-state index in [2.05, 4.69) is 10.5 Å². The molecule has 1 unspecified atom stereocenters. The molecule has 0 aliphatic carbocycles. The van der Waals surface area contributed by atoms with Crippen molar-refractivity contribution in [2.75, 3.05) is 26.2 Å². The Labute approximate surface area is 180 Å². The number of hydrazine groups is 1. The highest BCUT2D eigenvalue weighted by Gasteiger charge is 2.31. The summed E-state index contributed by atoms with van der Waals surface area (Å²) < 4.78 is 0. The molecule has 32 heavy (non-hydrogen) atoms. The molecular formula is C15H22N8O9. The quantitative estimate of drug-likeness (QED) is 0.218. The molecule has 0 spiro atoms. The first kappa shape index (κ1) is 24.3. The zero-order chi connectivity index (χ0) is 23.8. The second-order valence-electron chi connectivity index (χ2n) is 6.43. The molecule has 0 saturated carbocycles. The highest BCUT2D eigenvalue weighted by molar-refractivity contribution is 5.61. The molecule has 1 aliphatic rings. The summed E-state index contributed by atoms with van der Waals surface area (Å²) in [5.41, 5.74) is -1.79. The van der Waals surface area contributed by atoms with Gasteiger partial charge in [-0.25, -0.2) is 0 Å². The highest BCUT2D eigenvalue weighted by atomic mass is 16.9. The first-order chi connectivity index (χ1) is 15.2. The van der Waals surface area contributed by atoms with Gasteiger partial charge in [0.1, 0.15) is 23.6 Å². The van der Waals surface area contributed by atoms with Crippen LogP contribution in [0.3, 0.4) is 0 Å². The van der Waals surface area contributed by atoms with Gasteiger partial charge in [0.2, 0.25) is 11.0 Å². The van der Waals surface area contributed by atoms with Crippen LogP contribution >= 0.6 is 0 Å². The van der Waals surface area contributed by atoms with Crippen molar-refractivity contribution in [3.05, 3.63) is 42.8 Å². The predicted octanol–water partition coefficient (Wildman–Crippen LogP) is 1.64. The topological polar surface area (TPSA) is 208 Å². The summed E-state index contributed by atoms with van der Waals surface area (Å²) in [6.07, 6.45) is 1.25. The zero-order valence-electron chi connectivity index (χ0n) is 17.3. The van der Waals surface area contributed by atoms with Crippen molar-refractivity contribution in [1.29, 1.82) is 0 Å². The molecule has 1 aromatic carbocycles. The van der Waals surface area contributed by atoms with Gasteiger partial charge >= 0.3 is 5.69 Å². The van der Waals surface area contributed by atoms with Crippen molar-refractivity contribution in [2.45, 2.75) is 32.7 Å². The lowest BCUT2D eigenvalue weighted by Gasteiger charge is -2.14. The lowest BCUT2D eigenvalue weighted by atomic mass is 10.2. The van der Waals surface area contributed by atoms with E-state index in [1.54, 1.807) is 13.8 Å². The van der Waals surface area contributed by atoms with Gasteiger partial charge in [-0.1, -0.05) is 0 Å². The number of nitrogens with zero attached hydrogens (tertiary/aromatic N) is 8. The predicted molar refractivity (Wildman–Crippen MR) is 103 cm³/mol. The number of hydrogen-bond donors (Lipinski definition) is 1. The van der Waals surface area contributed by atoms with Gasteiger partial charge in [0.05, 0.1) is 45.6 Å². The van der Waals surface area contributed by atoms with Gasteiger partial charge < -0.3 is 20.4 Å². The van der Waals surface area contributed by atoms with E-state index in [4.69, 9.17) is 9.68 Å². The molecule has 0 amide bonds. The van der Waals surface area contributed by atoms with Crippen molar-refractivity contribution in [3.63, 3.8) is 0 Å². The van der Waals surface area contributed by atoms with E-state index in [0.717, 1.165) is 0 Å². The van der Waals surface area contributed by atoms with Crippen LogP contribution in [0.2, 0.25) is 0 Å². The normalized spacial score (nSPS) is 16.7. The Morgan fingerprint density at radius 2 is 1.75 bits per heavy atom. The lowest BCUT2D eigenvalue weighted by Crippen LogP contribution is -2.30. The molecule has 1 fully saturated rings. The van der Waals surface area contributed by atoms with E-state index < -0.39 is 38.8 Å². The van der Waals surface area contributed by atoms with Gasteiger partial charge in [-0.15, -0.1) is 5.01 Å². The van der Waals surface area contributed by atoms with Gasteiger partial charge in [0, 0.05) is 6.07 Å². The molecule has 1 atom stereocenters. The van der Waals surface area contributed by atoms with Crippen LogP contribution in [0.25, 0.3) is 0 Å². The monoisotopic (exact) mass is 458 g/mol. The van der Waals surface area contributed by atoms with E-state index in [-0.39, 0.29) is 29.7 Å². The van der Waals surface area contributed by atoms with Gasteiger partial charge in [-0.3, -0.25) is 25.1 Å². The number of nitro groups is 2. The van der Waals surface area contributed by atoms with Gasteiger partial charge in [-0.2, -0.15) is 5.01 Å². The fraction of sp³-hybridized carbons (Fsp3) is 0.600. The maximum absolute atomic E-state index is 12.1. The molecule has 1 N–H and O–H groups in total. The third-order valence-corrected chi connectivity index (χ3v) is 4.54. The van der Waals surface area contributed by atoms with Crippen molar-refractivity contribution < 1.29 is 34.6 Å². The summed E-state index contributed by atoms with van der Waals surface area (Å²) in [4.78, 5) is 30.4. The molecule has 0 aromatic heterocycles. The average molecular weight is 458 g/mol. The number of aliphatic hydroxyl groups is 1. The van der Waals surface area contributed by atoms with Gasteiger partial charge in [0.15, 0.2) is 0 Å². The minimum Gasteiger partial charge on any atom is -0.569 e. The molecule has 17 heteroatoms. The number of rotatable bonds is 11. The van der Waals surface area contributed by atoms with Crippen LogP contribution in [-0.2, 0) is 0 Å². The van der Waals surface area contributed by atoms with E-state index in [1.807, 2.05) is 0 Å². The SMILES string of the molecule is CCN(CC)/[N+]([O-])=N/Oc1cc(O/[N+]([O-])=N/N2CCCC2CO)c([N+](=O)[O-])cc1[N+](=O)[O-]. The Hall–Kier alpha value is -4.02. The molecule has 1 saturated heterocycles. The fourth-order valence-corrected chi connectivity index (χ4v) is 2.89. The first-order valence-corrected chi connectivity index (χ1v) is 9.52.